The summed E-state index contributed by atoms with van der Waals surface area (Å²) >= 11 is 0. The lowest BCUT2D eigenvalue weighted by atomic mass is 10.2. The van der Waals surface area contributed by atoms with E-state index in [-0.39, 0.29) is 17.0 Å². The largest absolute Gasteiger partial charge is 1.00 e. The van der Waals surface area contributed by atoms with Crippen molar-refractivity contribution in [1.29, 1.82) is 0 Å². The number of phenolic OH excluding ortho intramolecular Hbond substituents is 1. The molecule has 4 aromatic rings. The average molecular weight is 449 g/mol. The molecule has 0 spiro atoms. The van der Waals surface area contributed by atoms with Crippen molar-refractivity contribution in [1.82, 2.24) is 0 Å². The normalized spacial score (nSPS) is 10.9. The molecule has 4 aromatic carbocycles. The maximum absolute atomic E-state index is 10.5. The van der Waals surface area contributed by atoms with Crippen LogP contribution in [0.25, 0.3) is 0 Å². The summed E-state index contributed by atoms with van der Waals surface area (Å²) in [5.74, 6) is 0.365. The van der Waals surface area contributed by atoms with Crippen molar-refractivity contribution >= 4 is 23.2 Å². The van der Waals surface area contributed by atoms with E-state index in [1.807, 2.05) is 18.2 Å². The summed E-state index contributed by atoms with van der Waals surface area (Å²) in [5, 5.41) is 14.5. The maximum atomic E-state index is 10.5. The van der Waals surface area contributed by atoms with E-state index in [0.717, 1.165) is 11.7 Å². The van der Waals surface area contributed by atoms with Gasteiger partial charge in [0.05, 0.1) is 0 Å². The molecule has 1 N–H and O–H groups in total. The Kier molecular flexibility index (Phi) is 6.67. The van der Waals surface area contributed by atoms with Crippen LogP contribution in [-0.4, -0.2) is 5.11 Å². The molecule has 0 saturated heterocycles. The van der Waals surface area contributed by atoms with E-state index < -0.39 is 7.26 Å². The lowest BCUT2D eigenvalue weighted by Crippen LogP contribution is -3.00. The van der Waals surface area contributed by atoms with Crippen LogP contribution in [0.3, 0.4) is 0 Å². The fourth-order valence-electron chi connectivity index (χ4n) is 3.67. The molecule has 0 aromatic heterocycles. The number of hydrogen-bond donors (Lipinski definition) is 1. The number of rotatable bonds is 5. The highest BCUT2D eigenvalue weighted by Crippen LogP contribution is 2.58. The van der Waals surface area contributed by atoms with Crippen molar-refractivity contribution in [3.8, 4) is 5.75 Å². The Hall–Kier alpha value is -2.41. The second-order valence-electron chi connectivity index (χ2n) is 6.60. The highest BCUT2D eigenvalue weighted by Gasteiger charge is 2.45. The Morgan fingerprint density at radius 3 is 1.25 bits per heavy atom. The monoisotopic (exact) mass is 448 g/mol. The number of phenols is 1. The second kappa shape index (κ2) is 9.19. The molecule has 3 heteroatoms. The van der Waals surface area contributed by atoms with Crippen LogP contribution < -0.4 is 32.9 Å². The first kappa shape index (κ1) is 20.3. The van der Waals surface area contributed by atoms with Crippen LogP contribution in [0.1, 0.15) is 5.56 Å². The van der Waals surface area contributed by atoms with Gasteiger partial charge in [-0.1, -0.05) is 72.8 Å². The minimum Gasteiger partial charge on any atom is -1.00 e. The highest BCUT2D eigenvalue weighted by molar-refractivity contribution is 7.95. The zero-order valence-electron chi connectivity index (χ0n) is 15.4. The Bertz CT molecular complexity index is 907. The average Bonchev–Trinajstić information content (AvgIpc) is 2.75. The molecule has 0 saturated carbocycles. The van der Waals surface area contributed by atoms with E-state index in [1.54, 1.807) is 6.07 Å². The van der Waals surface area contributed by atoms with Gasteiger partial charge in [0.2, 0.25) is 0 Å². The van der Waals surface area contributed by atoms with Crippen LogP contribution >= 0.6 is 7.26 Å². The van der Waals surface area contributed by atoms with Gasteiger partial charge in [0.25, 0.3) is 0 Å². The summed E-state index contributed by atoms with van der Waals surface area (Å²) < 4.78 is 0. The van der Waals surface area contributed by atoms with E-state index in [2.05, 4.69) is 91.0 Å². The van der Waals surface area contributed by atoms with Crippen LogP contribution in [0.15, 0.2) is 115 Å². The number of para-hydroxylation sites is 1. The van der Waals surface area contributed by atoms with Gasteiger partial charge in [0.15, 0.2) is 0 Å². The molecule has 0 atom stereocenters. The van der Waals surface area contributed by atoms with Gasteiger partial charge in [-0.15, -0.1) is 0 Å². The Balaban J connectivity index is 0.00000225. The smallest absolute Gasteiger partial charge is 0.122 e. The van der Waals surface area contributed by atoms with Gasteiger partial charge < -0.3 is 22.1 Å². The third-order valence-electron chi connectivity index (χ3n) is 4.99. The molecule has 0 amide bonds. The van der Waals surface area contributed by atoms with Gasteiger partial charge in [-0.2, -0.15) is 0 Å². The predicted octanol–water partition coefficient (Wildman–Crippen LogP) is 1.89. The van der Waals surface area contributed by atoms with E-state index in [0.29, 0.717) is 5.75 Å². The van der Waals surface area contributed by atoms with Crippen molar-refractivity contribution in [2.45, 2.75) is 6.16 Å². The number of aromatic hydroxyl groups is 1. The second-order valence-corrected chi connectivity index (χ2v) is 10.1. The SMILES string of the molecule is Oc1ccccc1C[P+](c1ccccc1)(c1ccccc1)c1ccccc1.[Br-]. The molecule has 0 aliphatic carbocycles. The zero-order chi connectivity index (χ0) is 18.5. The highest BCUT2D eigenvalue weighted by atomic mass is 79.9. The quantitative estimate of drug-likeness (QED) is 0.462. The van der Waals surface area contributed by atoms with Crippen LogP contribution in [0.2, 0.25) is 0 Å². The zero-order valence-corrected chi connectivity index (χ0v) is 17.9. The molecule has 0 unspecified atom stereocenters. The standard InChI is InChI=1S/C25H21OP.BrH/c26-25-19-11-10-12-21(25)20-27(22-13-4-1-5-14-22,23-15-6-2-7-16-23)24-17-8-3-9-18-24;/h1-19H,20H2;1H. The van der Waals surface area contributed by atoms with Crippen molar-refractivity contribution in [2.75, 3.05) is 0 Å². The molecule has 0 radical (unpaired) electrons. The summed E-state index contributed by atoms with van der Waals surface area (Å²) in [6.07, 6.45) is 0.789. The van der Waals surface area contributed by atoms with Gasteiger partial charge in [0, 0.05) is 5.56 Å². The molecule has 0 aliphatic heterocycles. The van der Waals surface area contributed by atoms with Gasteiger partial charge in [-0.3, -0.25) is 0 Å². The van der Waals surface area contributed by atoms with Crippen LogP contribution in [0, 0.1) is 0 Å². The molecular formula is C25H22BrOP. The molecule has 4 rings (SSSR count). The molecule has 0 heterocycles. The number of halogens is 1. The molecule has 0 aliphatic rings. The lowest BCUT2D eigenvalue weighted by molar-refractivity contribution is -0.00000620. The minimum absolute atomic E-state index is 0. The fourth-order valence-corrected chi connectivity index (χ4v) is 7.93. The third-order valence-corrected chi connectivity index (χ3v) is 9.34. The number of benzene rings is 4. The maximum Gasteiger partial charge on any atom is 0.122 e. The summed E-state index contributed by atoms with van der Waals surface area (Å²) in [6.45, 7) is 0. The fraction of sp³-hybridized carbons (Fsp3) is 0.0400. The van der Waals surface area contributed by atoms with Gasteiger partial charge in [-0.25, -0.2) is 0 Å². The van der Waals surface area contributed by atoms with E-state index in [1.165, 1.54) is 15.9 Å². The van der Waals surface area contributed by atoms with Crippen molar-refractivity contribution in [2.24, 2.45) is 0 Å². The van der Waals surface area contributed by atoms with E-state index >= 15 is 0 Å². The first-order chi connectivity index (χ1) is 13.3. The molecular weight excluding hydrogens is 427 g/mol. The molecule has 28 heavy (non-hydrogen) atoms. The van der Waals surface area contributed by atoms with Crippen LogP contribution in [0.4, 0.5) is 0 Å². The van der Waals surface area contributed by atoms with Crippen molar-refractivity contribution in [3.05, 3.63) is 121 Å². The van der Waals surface area contributed by atoms with Crippen LogP contribution in [0.5, 0.6) is 5.75 Å². The van der Waals surface area contributed by atoms with E-state index in [4.69, 9.17) is 0 Å². The topological polar surface area (TPSA) is 20.2 Å². The van der Waals surface area contributed by atoms with E-state index in [9.17, 15) is 5.11 Å². The number of hydrogen-bond acceptors (Lipinski definition) is 1. The predicted molar refractivity (Wildman–Crippen MR) is 117 cm³/mol. The molecule has 0 fully saturated rings. The Morgan fingerprint density at radius 2 is 0.857 bits per heavy atom. The third kappa shape index (κ3) is 3.90. The Labute approximate surface area is 177 Å². The lowest BCUT2D eigenvalue weighted by Gasteiger charge is -2.28. The summed E-state index contributed by atoms with van der Waals surface area (Å²) in [7, 11) is -1.96. The first-order valence-electron chi connectivity index (χ1n) is 9.12. The van der Waals surface area contributed by atoms with Crippen molar-refractivity contribution in [3.63, 3.8) is 0 Å². The summed E-state index contributed by atoms with van der Waals surface area (Å²) in [5.41, 5.74) is 0.988. The molecule has 0 bridgehead atoms. The van der Waals surface area contributed by atoms with Crippen LogP contribution in [-0.2, 0) is 6.16 Å². The van der Waals surface area contributed by atoms with Gasteiger partial charge in [0.1, 0.15) is 35.1 Å². The van der Waals surface area contributed by atoms with Gasteiger partial charge >= 0.3 is 0 Å². The Morgan fingerprint density at radius 1 is 0.500 bits per heavy atom. The molecule has 140 valence electrons. The minimum atomic E-state index is -1.96. The van der Waals surface area contributed by atoms with Gasteiger partial charge in [-0.05, 0) is 42.5 Å². The first-order valence-corrected chi connectivity index (χ1v) is 11.1. The molecule has 1 nitrogen and oxygen atoms in total. The summed E-state index contributed by atoms with van der Waals surface area (Å²) in [6, 6.07) is 40.0. The van der Waals surface area contributed by atoms with Crippen molar-refractivity contribution < 1.29 is 22.1 Å². The summed E-state index contributed by atoms with van der Waals surface area (Å²) in [4.78, 5) is 0.